The smallest absolute Gasteiger partial charge is 0.0294 e. The first kappa shape index (κ1) is 12.3. The molecule has 0 aliphatic carbocycles. The number of rotatable bonds is 5. The summed E-state index contributed by atoms with van der Waals surface area (Å²) in [5.74, 6) is 0. The summed E-state index contributed by atoms with van der Waals surface area (Å²) in [5.41, 5.74) is 10.1. The molecule has 0 saturated heterocycles. The second kappa shape index (κ2) is 5.92. The van der Waals surface area contributed by atoms with Crippen molar-refractivity contribution in [2.75, 3.05) is 0 Å². The van der Waals surface area contributed by atoms with E-state index in [2.05, 4.69) is 39.0 Å². The van der Waals surface area contributed by atoms with Crippen LogP contribution in [0, 0.1) is 13.8 Å². The molecule has 1 nitrogen and oxygen atoms in total. The molecule has 1 atom stereocenters. The summed E-state index contributed by atoms with van der Waals surface area (Å²) in [5, 5.41) is 0. The van der Waals surface area contributed by atoms with Crippen LogP contribution in [-0.4, -0.2) is 0 Å². The van der Waals surface area contributed by atoms with E-state index in [1.165, 1.54) is 36.0 Å². The lowest BCUT2D eigenvalue weighted by atomic mass is 9.98. The van der Waals surface area contributed by atoms with Gasteiger partial charge in [0.15, 0.2) is 0 Å². The van der Waals surface area contributed by atoms with Gasteiger partial charge in [-0.1, -0.05) is 44.4 Å². The SMILES string of the molecule is CCCCC[C@H](N)c1ccc(C)c(C)c1. The van der Waals surface area contributed by atoms with Crippen molar-refractivity contribution >= 4 is 0 Å². The molecule has 0 aromatic heterocycles. The van der Waals surface area contributed by atoms with Crippen LogP contribution >= 0.6 is 0 Å². The maximum absolute atomic E-state index is 6.15. The Hall–Kier alpha value is -0.820. The highest BCUT2D eigenvalue weighted by atomic mass is 14.6. The molecular formula is C14H23N. The molecule has 0 bridgehead atoms. The van der Waals surface area contributed by atoms with Crippen molar-refractivity contribution in [1.82, 2.24) is 0 Å². The second-order valence-electron chi connectivity index (χ2n) is 4.45. The van der Waals surface area contributed by atoms with Gasteiger partial charge in [-0.2, -0.15) is 0 Å². The summed E-state index contributed by atoms with van der Waals surface area (Å²) in [6, 6.07) is 6.78. The summed E-state index contributed by atoms with van der Waals surface area (Å²) in [7, 11) is 0. The fourth-order valence-corrected chi connectivity index (χ4v) is 1.78. The van der Waals surface area contributed by atoms with E-state index in [1.54, 1.807) is 0 Å². The average molecular weight is 205 g/mol. The van der Waals surface area contributed by atoms with Crippen molar-refractivity contribution < 1.29 is 0 Å². The van der Waals surface area contributed by atoms with Crippen LogP contribution in [0.1, 0.15) is 55.3 Å². The Morgan fingerprint density at radius 1 is 1.13 bits per heavy atom. The van der Waals surface area contributed by atoms with Gasteiger partial charge in [-0.05, 0) is 37.0 Å². The van der Waals surface area contributed by atoms with E-state index >= 15 is 0 Å². The van der Waals surface area contributed by atoms with Gasteiger partial charge >= 0.3 is 0 Å². The minimum Gasteiger partial charge on any atom is -0.324 e. The van der Waals surface area contributed by atoms with Gasteiger partial charge in [-0.15, -0.1) is 0 Å². The number of aryl methyl sites for hydroxylation is 2. The van der Waals surface area contributed by atoms with Crippen LogP contribution in [0.15, 0.2) is 18.2 Å². The van der Waals surface area contributed by atoms with Gasteiger partial charge in [0.05, 0.1) is 0 Å². The van der Waals surface area contributed by atoms with E-state index in [0.29, 0.717) is 0 Å². The molecule has 0 aliphatic rings. The van der Waals surface area contributed by atoms with Gasteiger partial charge < -0.3 is 5.73 Å². The Labute approximate surface area is 93.7 Å². The molecular weight excluding hydrogens is 182 g/mol. The van der Waals surface area contributed by atoms with Crippen LogP contribution in [0.3, 0.4) is 0 Å². The summed E-state index contributed by atoms with van der Waals surface area (Å²) in [6.07, 6.45) is 4.90. The monoisotopic (exact) mass is 205 g/mol. The van der Waals surface area contributed by atoms with Crippen molar-refractivity contribution in [1.29, 1.82) is 0 Å². The van der Waals surface area contributed by atoms with E-state index in [9.17, 15) is 0 Å². The number of unbranched alkanes of at least 4 members (excludes halogenated alkanes) is 2. The van der Waals surface area contributed by atoms with Crippen LogP contribution in [0.4, 0.5) is 0 Å². The molecule has 15 heavy (non-hydrogen) atoms. The van der Waals surface area contributed by atoms with E-state index in [4.69, 9.17) is 5.73 Å². The Bertz CT molecular complexity index is 304. The number of hydrogen-bond donors (Lipinski definition) is 1. The lowest BCUT2D eigenvalue weighted by molar-refractivity contribution is 0.581. The molecule has 1 aromatic rings. The van der Waals surface area contributed by atoms with Crippen molar-refractivity contribution in [3.8, 4) is 0 Å². The highest BCUT2D eigenvalue weighted by Gasteiger charge is 2.06. The molecule has 1 aromatic carbocycles. The van der Waals surface area contributed by atoms with Crippen LogP contribution in [-0.2, 0) is 0 Å². The third-order valence-electron chi connectivity index (χ3n) is 3.08. The first-order valence-corrected chi connectivity index (χ1v) is 5.98. The van der Waals surface area contributed by atoms with Gasteiger partial charge in [0.2, 0.25) is 0 Å². The molecule has 0 fully saturated rings. The molecule has 2 N–H and O–H groups in total. The lowest BCUT2D eigenvalue weighted by Gasteiger charge is -2.13. The molecule has 0 heterocycles. The average Bonchev–Trinajstić information content (AvgIpc) is 2.22. The second-order valence-corrected chi connectivity index (χ2v) is 4.45. The van der Waals surface area contributed by atoms with Gasteiger partial charge in [0.1, 0.15) is 0 Å². The minimum atomic E-state index is 0.218. The Balaban J connectivity index is 2.57. The standard InChI is InChI=1S/C14H23N/c1-4-5-6-7-14(15)13-9-8-11(2)12(3)10-13/h8-10,14H,4-7,15H2,1-3H3/t14-/m0/s1. The third-order valence-corrected chi connectivity index (χ3v) is 3.08. The fraction of sp³-hybridized carbons (Fsp3) is 0.571. The summed E-state index contributed by atoms with van der Waals surface area (Å²) >= 11 is 0. The van der Waals surface area contributed by atoms with Crippen LogP contribution < -0.4 is 5.73 Å². The predicted octanol–water partition coefficient (Wildman–Crippen LogP) is 3.88. The molecule has 0 amide bonds. The topological polar surface area (TPSA) is 26.0 Å². The Morgan fingerprint density at radius 2 is 1.87 bits per heavy atom. The molecule has 0 aliphatic heterocycles. The molecule has 1 rings (SSSR count). The van der Waals surface area contributed by atoms with Gasteiger partial charge in [0, 0.05) is 6.04 Å². The highest BCUT2D eigenvalue weighted by Crippen LogP contribution is 2.19. The van der Waals surface area contributed by atoms with Gasteiger partial charge in [0.25, 0.3) is 0 Å². The van der Waals surface area contributed by atoms with Crippen LogP contribution in [0.25, 0.3) is 0 Å². The zero-order valence-corrected chi connectivity index (χ0v) is 10.2. The van der Waals surface area contributed by atoms with Gasteiger partial charge in [-0.3, -0.25) is 0 Å². The Morgan fingerprint density at radius 3 is 2.47 bits per heavy atom. The largest absolute Gasteiger partial charge is 0.324 e. The number of benzene rings is 1. The summed E-state index contributed by atoms with van der Waals surface area (Å²) in [4.78, 5) is 0. The molecule has 0 unspecified atom stereocenters. The van der Waals surface area contributed by atoms with E-state index < -0.39 is 0 Å². The zero-order chi connectivity index (χ0) is 11.3. The van der Waals surface area contributed by atoms with Crippen molar-refractivity contribution in [3.05, 3.63) is 34.9 Å². The molecule has 84 valence electrons. The Kier molecular flexibility index (Phi) is 4.83. The van der Waals surface area contributed by atoms with E-state index in [1.807, 2.05) is 0 Å². The normalized spacial score (nSPS) is 12.8. The van der Waals surface area contributed by atoms with Crippen molar-refractivity contribution in [3.63, 3.8) is 0 Å². The molecule has 0 radical (unpaired) electrons. The molecule has 0 spiro atoms. The van der Waals surface area contributed by atoms with Crippen molar-refractivity contribution in [2.45, 2.75) is 52.5 Å². The van der Waals surface area contributed by atoms with Crippen LogP contribution in [0.5, 0.6) is 0 Å². The first-order valence-electron chi connectivity index (χ1n) is 5.98. The first-order chi connectivity index (χ1) is 7.15. The number of hydrogen-bond acceptors (Lipinski definition) is 1. The quantitative estimate of drug-likeness (QED) is 0.725. The summed E-state index contributed by atoms with van der Waals surface area (Å²) < 4.78 is 0. The highest BCUT2D eigenvalue weighted by molar-refractivity contribution is 5.31. The fourth-order valence-electron chi connectivity index (χ4n) is 1.78. The van der Waals surface area contributed by atoms with E-state index in [0.717, 1.165) is 6.42 Å². The van der Waals surface area contributed by atoms with Gasteiger partial charge in [-0.25, -0.2) is 0 Å². The summed E-state index contributed by atoms with van der Waals surface area (Å²) in [6.45, 7) is 6.51. The van der Waals surface area contributed by atoms with Crippen molar-refractivity contribution in [2.24, 2.45) is 5.73 Å². The third kappa shape index (κ3) is 3.67. The maximum atomic E-state index is 6.15. The zero-order valence-electron chi connectivity index (χ0n) is 10.2. The predicted molar refractivity (Wildman–Crippen MR) is 67.0 cm³/mol. The maximum Gasteiger partial charge on any atom is 0.0294 e. The molecule has 0 saturated carbocycles. The van der Waals surface area contributed by atoms with Crippen LogP contribution in [0.2, 0.25) is 0 Å². The minimum absolute atomic E-state index is 0.218. The van der Waals surface area contributed by atoms with E-state index in [-0.39, 0.29) is 6.04 Å². The number of nitrogens with two attached hydrogens (primary N) is 1. The lowest BCUT2D eigenvalue weighted by Crippen LogP contribution is -2.10. The molecule has 1 heteroatoms.